The van der Waals surface area contributed by atoms with Gasteiger partial charge in [-0.2, -0.15) is 72.0 Å². The molecule has 0 radical (unpaired) electrons. The molecule has 85 heavy (non-hydrogen) atoms. The number of H-pyrrole nitrogens is 1. The van der Waals surface area contributed by atoms with E-state index in [0.717, 1.165) is 20.8 Å². The van der Waals surface area contributed by atoms with Crippen LogP contribution in [-0.2, 0) is 177 Å². The van der Waals surface area contributed by atoms with Gasteiger partial charge in [0.25, 0.3) is 0 Å². The molecule has 5 heterocycles. The largest absolute Gasteiger partial charge is 0.397 e. The van der Waals surface area contributed by atoms with Gasteiger partial charge in [-0.3, -0.25) is 41.1 Å². The van der Waals surface area contributed by atoms with Crippen LogP contribution in [0.4, 0.5) is 0 Å². The first-order chi connectivity index (χ1) is 38.7. The van der Waals surface area contributed by atoms with Crippen molar-refractivity contribution in [2.75, 3.05) is 0 Å². The van der Waals surface area contributed by atoms with Crippen LogP contribution in [0.15, 0.2) is 12.4 Å². The summed E-state index contributed by atoms with van der Waals surface area (Å²) in [4.78, 5) is 0. The Hall–Kier alpha value is -3.04. The highest BCUT2D eigenvalue weighted by molar-refractivity contribution is 7.82. The fourth-order valence-electron chi connectivity index (χ4n) is 9.21. The summed E-state index contributed by atoms with van der Waals surface area (Å²) in [5.41, 5.74) is 0.297. The molecular weight excluding hydrogens is 1350 g/mol. The van der Waals surface area contributed by atoms with Gasteiger partial charge in [0.05, 0.1) is 37.2 Å². The van der Waals surface area contributed by atoms with Crippen LogP contribution in [0.5, 0.6) is 0 Å². The van der Waals surface area contributed by atoms with Crippen LogP contribution >= 0.6 is 0 Å². The third-order valence-corrected chi connectivity index (χ3v) is 15.8. The fraction of sp³-hybridized carbons (Fsp3) is 0.875. The predicted molar refractivity (Wildman–Crippen MR) is 255 cm³/mol. The molecule has 3 aliphatic heterocycles. The van der Waals surface area contributed by atoms with E-state index in [9.17, 15) is 104 Å². The quantitative estimate of drug-likeness (QED) is 0.0283. The number of ether oxygens (including phenoxy) is 7. The zero-order valence-electron chi connectivity index (χ0n) is 43.0. The number of aryl methyl sites for hydroxylation is 1. The molecular formula is C32H53N6O39S8+. The average Bonchev–Trinajstić information content (AvgIpc) is 1.80. The van der Waals surface area contributed by atoms with Gasteiger partial charge in [-0.1, -0.05) is 10.4 Å². The summed E-state index contributed by atoms with van der Waals surface area (Å²) in [6.45, 7) is 1.63. The standard InChI is InChI=1S/C32H52N6O39S8/c1-13-23(68-31-29(76-84(57,58)59)27(74-82(51,52)53)24(14(2)66-31)69-32-30(77-85(60,61)62)28(75-83(54,55)56)25(15(3)67-32)72-80(45,46)47)21(71-79(42,43)44)7-22(65-13)64-12-18-10-38(36-34-18)8-16-5-19(63-11-17-9-37(4)35-33-17)6-20(70-78(39,40)41)26(16)73-81(48,49)50/h9-10,13-16,19-32H,5-8,11-12H2,1-4H3,(H8,39,40,41,42,43,44,45,46,47,48,49,50,51,52,53,54,55,56,57,58,59,60,61,62)/p+1/t13?,14?,15?,16-,19+,20+,21+,22+,23+,24+,25+,26-,27-,28-,29?,30?,31+,32+/m0/s1. The molecule has 53 heteroatoms. The van der Waals surface area contributed by atoms with Crippen LogP contribution in [0, 0.1) is 5.92 Å². The van der Waals surface area contributed by atoms with Gasteiger partial charge in [-0.05, 0) is 27.2 Å². The topological polar surface area (TPSA) is 637 Å². The molecule has 0 amide bonds. The van der Waals surface area contributed by atoms with Gasteiger partial charge in [0, 0.05) is 30.9 Å². The third-order valence-electron chi connectivity index (χ3n) is 12.0. The van der Waals surface area contributed by atoms with E-state index in [1.165, 1.54) is 21.8 Å². The van der Waals surface area contributed by atoms with Crippen LogP contribution in [0.25, 0.3) is 0 Å². The minimum atomic E-state index is -5.97. The summed E-state index contributed by atoms with van der Waals surface area (Å²) in [7, 11) is -44.1. The summed E-state index contributed by atoms with van der Waals surface area (Å²) >= 11 is 0. The smallest absolute Gasteiger partial charge is 0.372 e. The van der Waals surface area contributed by atoms with Crippen molar-refractivity contribution in [1.82, 2.24) is 25.3 Å². The zero-order valence-corrected chi connectivity index (χ0v) is 49.6. The van der Waals surface area contributed by atoms with Crippen LogP contribution in [0.2, 0.25) is 0 Å². The lowest BCUT2D eigenvalue weighted by atomic mass is 9.82. The van der Waals surface area contributed by atoms with Gasteiger partial charge in [-0.15, -0.1) is 5.10 Å². The van der Waals surface area contributed by atoms with E-state index in [1.807, 2.05) is 0 Å². The maximum absolute atomic E-state index is 12.4. The van der Waals surface area contributed by atoms with Gasteiger partial charge in [0.15, 0.2) is 37.3 Å². The van der Waals surface area contributed by atoms with E-state index in [-0.39, 0.29) is 25.3 Å². The Kier molecular flexibility index (Phi) is 22.7. The van der Waals surface area contributed by atoms with Gasteiger partial charge in [-0.25, -0.2) is 33.5 Å². The first-order valence-corrected chi connectivity index (χ1v) is 34.1. The number of hydrogen-bond acceptors (Lipinski definition) is 34. The van der Waals surface area contributed by atoms with Gasteiger partial charge in [0.1, 0.15) is 67.7 Å². The predicted octanol–water partition coefficient (Wildman–Crippen LogP) is -5.76. The monoisotopic (exact) mass is 1400 g/mol. The summed E-state index contributed by atoms with van der Waals surface area (Å²) in [5, 5.41) is 14.2. The minimum Gasteiger partial charge on any atom is -0.372 e. The molecule has 18 atom stereocenters. The van der Waals surface area contributed by atoms with Crippen molar-refractivity contribution in [3.8, 4) is 0 Å². The molecule has 0 bridgehead atoms. The molecule has 4 fully saturated rings. The van der Waals surface area contributed by atoms with Crippen molar-refractivity contribution in [2.24, 2.45) is 13.0 Å². The fourth-order valence-corrected chi connectivity index (χ4v) is 13.3. The van der Waals surface area contributed by atoms with Crippen LogP contribution in [0.3, 0.4) is 0 Å². The van der Waals surface area contributed by atoms with E-state index in [2.05, 4.69) is 41.5 Å². The molecule has 2 aromatic rings. The van der Waals surface area contributed by atoms with Crippen molar-refractivity contribution in [2.45, 2.75) is 164 Å². The van der Waals surface area contributed by atoms with Crippen molar-refractivity contribution in [1.29, 1.82) is 0 Å². The summed E-state index contributed by atoms with van der Waals surface area (Å²) in [6, 6.07) is 0. The van der Waals surface area contributed by atoms with Crippen molar-refractivity contribution in [3.63, 3.8) is 0 Å². The second kappa shape index (κ2) is 27.2. The Labute approximate surface area is 482 Å². The first-order valence-electron chi connectivity index (χ1n) is 23.2. The second-order valence-corrected chi connectivity index (χ2v) is 26.9. The van der Waals surface area contributed by atoms with Gasteiger partial charge in [0.2, 0.25) is 5.69 Å². The zero-order chi connectivity index (χ0) is 63.8. The number of rotatable bonds is 28. The van der Waals surface area contributed by atoms with E-state index in [1.54, 1.807) is 7.05 Å². The van der Waals surface area contributed by atoms with Crippen LogP contribution in [0.1, 0.15) is 51.4 Å². The van der Waals surface area contributed by atoms with E-state index in [4.69, 9.17) is 45.7 Å². The van der Waals surface area contributed by atoms with E-state index in [0.29, 0.717) is 5.69 Å². The molecule has 0 spiro atoms. The lowest BCUT2D eigenvalue weighted by Crippen LogP contribution is -2.66. The molecule has 45 nitrogen and oxygen atoms in total. The minimum absolute atomic E-state index is 0.0285. The molecule has 3 saturated heterocycles. The lowest BCUT2D eigenvalue weighted by molar-refractivity contribution is -0.760. The summed E-state index contributed by atoms with van der Waals surface area (Å²) in [5.74, 6) is -1.15. The Morgan fingerprint density at radius 3 is 1.40 bits per heavy atom. The van der Waals surface area contributed by atoms with Gasteiger partial charge < -0.3 is 33.2 Å². The second-order valence-electron chi connectivity index (χ2n) is 18.5. The number of aromatic amines is 1. The van der Waals surface area contributed by atoms with E-state index < -0.39 is 213 Å². The Balaban J connectivity index is 1.24. The summed E-state index contributed by atoms with van der Waals surface area (Å²) < 4.78 is 349. The number of nitrogens with one attached hydrogen (secondary N) is 1. The molecule has 1 saturated carbocycles. The van der Waals surface area contributed by atoms with Gasteiger partial charge >= 0.3 is 83.2 Å². The van der Waals surface area contributed by atoms with Crippen molar-refractivity contribution >= 4 is 83.2 Å². The maximum Gasteiger partial charge on any atom is 0.397 e. The Morgan fingerprint density at radius 2 is 0.918 bits per heavy atom. The molecule has 4 aliphatic rings. The molecule has 5 unspecified atom stereocenters. The summed E-state index contributed by atoms with van der Waals surface area (Å²) in [6.07, 6.45) is -36.6. The first kappa shape index (κ1) is 71.0. The maximum atomic E-state index is 12.4. The molecule has 0 aromatic carbocycles. The molecule has 2 aromatic heterocycles. The number of hydrogen-bond donors (Lipinski definition) is 9. The lowest BCUT2D eigenvalue weighted by Gasteiger charge is -2.48. The molecule has 492 valence electrons. The van der Waals surface area contributed by atoms with Crippen molar-refractivity contribution in [3.05, 3.63) is 23.8 Å². The third kappa shape index (κ3) is 22.7. The number of nitrogens with zero attached hydrogens (tertiary/aromatic N) is 5. The van der Waals surface area contributed by atoms with E-state index >= 15 is 0 Å². The molecule has 9 N–H and O–H groups in total. The van der Waals surface area contributed by atoms with Crippen LogP contribution in [-0.4, -0.2) is 233 Å². The highest BCUT2D eigenvalue weighted by atomic mass is 32.3. The SMILES string of the molecule is CC1O[C@H](O[C@@H]2C(C)O[C@@H](OCc3c[n+](C[C@@H]4C[C@@H](OCc5cn(C)nn5)C[C@@H](OS(=O)(=O)O)[C@H]4OS(=O)(=O)O)[nH]n3)C[C@H]2OS(=O)(=O)O)C(OS(=O)(=O)O)[C@@H](OS(=O)(=O)O)[C@@H]1O[C@H]1OC(C)[C@@H](OS(=O)(=O)O)[C@H](OS(=O)(=O)O)C1OS(=O)(=O)O. The number of aromatic nitrogens is 6. The van der Waals surface area contributed by atoms with Crippen LogP contribution < -0.4 is 4.68 Å². The highest BCUT2D eigenvalue weighted by Crippen LogP contribution is 2.39. The Bertz CT molecular complexity index is 3570. The molecule has 1 aliphatic carbocycles. The highest BCUT2D eigenvalue weighted by Gasteiger charge is 2.58. The normalized spacial score (nSPS) is 33.4. The Morgan fingerprint density at radius 1 is 0.506 bits per heavy atom. The molecule has 6 rings (SSSR count). The van der Waals surface area contributed by atoms with Crippen molar-refractivity contribution < 1.29 is 175 Å². The average molecular weight is 1400 g/mol.